The van der Waals surface area contributed by atoms with Crippen LogP contribution in [0.5, 0.6) is 5.75 Å². The number of ether oxygens (including phenoxy) is 2. The van der Waals surface area contributed by atoms with E-state index in [1.165, 1.54) is 0 Å². The summed E-state index contributed by atoms with van der Waals surface area (Å²) in [6, 6.07) is 15.6. The zero-order valence-corrected chi connectivity index (χ0v) is 16.6. The van der Waals surface area contributed by atoms with Gasteiger partial charge in [-0.3, -0.25) is 9.59 Å². The number of Topliss-reactive ketones (excluding diaryl/α,β-unsaturated/α-hetero) is 1. The molecule has 0 aromatic heterocycles. The van der Waals surface area contributed by atoms with Gasteiger partial charge in [0.15, 0.2) is 5.78 Å². The molecule has 1 unspecified atom stereocenters. The summed E-state index contributed by atoms with van der Waals surface area (Å²) < 4.78 is 11.3. The monoisotopic (exact) mass is 393 g/mol. The zero-order chi connectivity index (χ0) is 20.1. The van der Waals surface area contributed by atoms with E-state index in [9.17, 15) is 9.59 Å². The molecule has 0 amide bonds. The van der Waals surface area contributed by atoms with Crippen LogP contribution in [-0.4, -0.2) is 30.9 Å². The van der Waals surface area contributed by atoms with Gasteiger partial charge in [-0.1, -0.05) is 30.3 Å². The summed E-state index contributed by atoms with van der Waals surface area (Å²) in [5.41, 5.74) is 2.93. The normalized spacial score (nSPS) is 20.9. The molecule has 5 nitrogen and oxygen atoms in total. The zero-order valence-electron chi connectivity index (χ0n) is 16.6. The van der Waals surface area contributed by atoms with Crippen LogP contribution >= 0.6 is 0 Å². The van der Waals surface area contributed by atoms with Crippen molar-refractivity contribution in [2.24, 2.45) is 5.92 Å². The molecule has 0 spiro atoms. The standard InChI is InChI=1S/C24H27NO4/c26-23-18(12-14-28-24(27)22-7-4-13-25-22)8-9-19-15-20(10-11-21(19)23)29-16-17-5-2-1-3-6-17/h1-3,5-6,10-11,15,18,22,25H,4,7-9,12-14,16H2/t18?,22-/m0/s1. The van der Waals surface area contributed by atoms with Crippen molar-refractivity contribution < 1.29 is 19.1 Å². The summed E-state index contributed by atoms with van der Waals surface area (Å²) in [5.74, 6) is 0.669. The van der Waals surface area contributed by atoms with Gasteiger partial charge in [0.2, 0.25) is 0 Å². The number of aryl methyl sites for hydroxylation is 1. The van der Waals surface area contributed by atoms with E-state index >= 15 is 0 Å². The second-order valence-electron chi connectivity index (χ2n) is 7.80. The van der Waals surface area contributed by atoms with Crippen LogP contribution < -0.4 is 10.1 Å². The van der Waals surface area contributed by atoms with Gasteiger partial charge in [-0.2, -0.15) is 0 Å². The maximum atomic E-state index is 12.8. The van der Waals surface area contributed by atoms with E-state index in [4.69, 9.17) is 9.47 Å². The van der Waals surface area contributed by atoms with Crippen LogP contribution in [0.15, 0.2) is 48.5 Å². The molecule has 2 atom stereocenters. The Balaban J connectivity index is 1.30. The van der Waals surface area contributed by atoms with E-state index in [1.807, 2.05) is 48.5 Å². The Kier molecular flexibility index (Phi) is 6.25. The number of rotatable bonds is 7. The molecular weight excluding hydrogens is 366 g/mol. The molecule has 1 aliphatic carbocycles. The quantitative estimate of drug-likeness (QED) is 0.727. The molecule has 1 fully saturated rings. The van der Waals surface area contributed by atoms with Crippen molar-refractivity contribution in [2.45, 2.75) is 44.8 Å². The van der Waals surface area contributed by atoms with Crippen LogP contribution in [0.1, 0.15) is 47.2 Å². The lowest BCUT2D eigenvalue weighted by molar-refractivity contribution is -0.146. The Bertz CT molecular complexity index is 858. The number of ketones is 1. The minimum absolute atomic E-state index is 0.0806. The van der Waals surface area contributed by atoms with Crippen molar-refractivity contribution in [3.63, 3.8) is 0 Å². The lowest BCUT2D eigenvalue weighted by atomic mass is 9.81. The Morgan fingerprint density at radius 2 is 1.97 bits per heavy atom. The van der Waals surface area contributed by atoms with E-state index in [2.05, 4.69) is 5.32 Å². The van der Waals surface area contributed by atoms with Crippen molar-refractivity contribution >= 4 is 11.8 Å². The van der Waals surface area contributed by atoms with Crippen molar-refractivity contribution in [1.82, 2.24) is 5.32 Å². The minimum Gasteiger partial charge on any atom is -0.489 e. The molecule has 1 aliphatic heterocycles. The van der Waals surface area contributed by atoms with Crippen molar-refractivity contribution in [3.8, 4) is 5.75 Å². The van der Waals surface area contributed by atoms with E-state index in [1.54, 1.807) is 0 Å². The highest BCUT2D eigenvalue weighted by Gasteiger charge is 2.29. The number of benzene rings is 2. The van der Waals surface area contributed by atoms with E-state index in [-0.39, 0.29) is 23.7 Å². The highest BCUT2D eigenvalue weighted by molar-refractivity contribution is 6.00. The first kappa shape index (κ1) is 19.6. The summed E-state index contributed by atoms with van der Waals surface area (Å²) in [6.07, 6.45) is 4.06. The summed E-state index contributed by atoms with van der Waals surface area (Å²) in [6.45, 7) is 1.69. The van der Waals surface area contributed by atoms with Gasteiger partial charge in [0, 0.05) is 11.5 Å². The maximum Gasteiger partial charge on any atom is 0.323 e. The molecule has 2 aromatic rings. The van der Waals surface area contributed by atoms with Gasteiger partial charge in [0.05, 0.1) is 6.61 Å². The molecule has 1 N–H and O–H groups in total. The first-order valence-electron chi connectivity index (χ1n) is 10.4. The fourth-order valence-corrected chi connectivity index (χ4v) is 4.09. The Labute approximate surface area is 171 Å². The average Bonchev–Trinajstić information content (AvgIpc) is 3.30. The van der Waals surface area contributed by atoms with Crippen LogP contribution in [0.2, 0.25) is 0 Å². The van der Waals surface area contributed by atoms with Crippen LogP contribution in [0.4, 0.5) is 0 Å². The van der Waals surface area contributed by atoms with Gasteiger partial charge in [0.1, 0.15) is 18.4 Å². The molecule has 152 valence electrons. The highest BCUT2D eigenvalue weighted by Crippen LogP contribution is 2.30. The molecule has 2 aromatic carbocycles. The lowest BCUT2D eigenvalue weighted by Crippen LogP contribution is -2.33. The molecule has 0 radical (unpaired) electrons. The van der Waals surface area contributed by atoms with E-state index in [0.717, 1.165) is 54.7 Å². The highest BCUT2D eigenvalue weighted by atomic mass is 16.5. The summed E-state index contributed by atoms with van der Waals surface area (Å²) in [7, 11) is 0. The number of nitrogens with one attached hydrogen (secondary N) is 1. The number of carbonyl (C=O) groups is 2. The van der Waals surface area contributed by atoms with Crippen LogP contribution in [0.3, 0.4) is 0 Å². The first-order valence-corrected chi connectivity index (χ1v) is 10.4. The topological polar surface area (TPSA) is 64.6 Å². The Hall–Kier alpha value is -2.66. The van der Waals surface area contributed by atoms with E-state index in [0.29, 0.717) is 19.6 Å². The Morgan fingerprint density at radius 1 is 1.10 bits per heavy atom. The molecule has 1 heterocycles. The predicted molar refractivity (Wildman–Crippen MR) is 110 cm³/mol. The fraction of sp³-hybridized carbons (Fsp3) is 0.417. The average molecular weight is 393 g/mol. The summed E-state index contributed by atoms with van der Waals surface area (Å²) in [4.78, 5) is 24.8. The number of esters is 1. The molecule has 5 heteroatoms. The Morgan fingerprint density at radius 3 is 2.76 bits per heavy atom. The minimum atomic E-state index is -0.189. The third-order valence-electron chi connectivity index (χ3n) is 5.78. The lowest BCUT2D eigenvalue weighted by Gasteiger charge is -2.24. The summed E-state index contributed by atoms with van der Waals surface area (Å²) in [5, 5.41) is 3.14. The van der Waals surface area contributed by atoms with Gasteiger partial charge < -0.3 is 14.8 Å². The third kappa shape index (κ3) is 4.85. The van der Waals surface area contributed by atoms with Gasteiger partial charge in [-0.15, -0.1) is 0 Å². The molecular formula is C24H27NO4. The van der Waals surface area contributed by atoms with Gasteiger partial charge in [-0.05, 0) is 68.0 Å². The molecule has 0 saturated carbocycles. The second kappa shape index (κ2) is 9.23. The van der Waals surface area contributed by atoms with Gasteiger partial charge >= 0.3 is 5.97 Å². The molecule has 4 rings (SSSR count). The molecule has 29 heavy (non-hydrogen) atoms. The number of fused-ring (bicyclic) bond motifs is 1. The van der Waals surface area contributed by atoms with Gasteiger partial charge in [0.25, 0.3) is 0 Å². The number of hydrogen-bond donors (Lipinski definition) is 1. The maximum absolute atomic E-state index is 12.8. The largest absolute Gasteiger partial charge is 0.489 e. The van der Waals surface area contributed by atoms with Crippen LogP contribution in [0.25, 0.3) is 0 Å². The third-order valence-corrected chi connectivity index (χ3v) is 5.78. The van der Waals surface area contributed by atoms with Gasteiger partial charge in [-0.25, -0.2) is 0 Å². The van der Waals surface area contributed by atoms with Crippen molar-refractivity contribution in [3.05, 3.63) is 65.2 Å². The van der Waals surface area contributed by atoms with E-state index < -0.39 is 0 Å². The van der Waals surface area contributed by atoms with Crippen LogP contribution in [0, 0.1) is 5.92 Å². The molecule has 0 bridgehead atoms. The second-order valence-corrected chi connectivity index (χ2v) is 7.80. The molecule has 2 aliphatic rings. The van der Waals surface area contributed by atoms with Crippen molar-refractivity contribution in [1.29, 1.82) is 0 Å². The SMILES string of the molecule is O=C1c2ccc(OCc3ccccc3)cc2CCC1CCOC(=O)[C@@H]1CCCN1. The fourth-order valence-electron chi connectivity index (χ4n) is 4.09. The smallest absolute Gasteiger partial charge is 0.323 e. The number of hydrogen-bond acceptors (Lipinski definition) is 5. The van der Waals surface area contributed by atoms with Crippen molar-refractivity contribution in [2.75, 3.05) is 13.2 Å². The summed E-state index contributed by atoms with van der Waals surface area (Å²) >= 11 is 0. The predicted octanol–water partition coefficient (Wildman–Crippen LogP) is 3.70. The van der Waals surface area contributed by atoms with Crippen LogP contribution in [-0.2, 0) is 22.6 Å². The molecule has 1 saturated heterocycles. The number of carbonyl (C=O) groups excluding carboxylic acids is 2. The first-order chi connectivity index (χ1) is 14.2.